The Balaban J connectivity index is 1.52. The molecular weight excluding hydrogens is 391 g/mol. The number of pyridine rings is 1. The fraction of sp³-hybridized carbons (Fsp3) is 0.192. The number of phenols is 1. The predicted octanol–water partition coefficient (Wildman–Crippen LogP) is 5.45. The lowest BCUT2D eigenvalue weighted by atomic mass is 10.0. The highest BCUT2D eigenvalue weighted by atomic mass is 19.1. The molecule has 4 aromatic rings. The minimum atomic E-state index is -0.314. The zero-order valence-electron chi connectivity index (χ0n) is 17.3. The van der Waals surface area contributed by atoms with E-state index in [2.05, 4.69) is 22.0 Å². The van der Waals surface area contributed by atoms with Crippen LogP contribution < -0.4 is 4.74 Å². The highest BCUT2D eigenvalue weighted by Crippen LogP contribution is 2.38. The van der Waals surface area contributed by atoms with Crippen molar-refractivity contribution < 1.29 is 14.2 Å². The zero-order chi connectivity index (χ0) is 21.4. The topological polar surface area (TPSA) is 45.6 Å². The minimum Gasteiger partial charge on any atom is -0.504 e. The van der Waals surface area contributed by atoms with Crippen molar-refractivity contribution in [1.29, 1.82) is 0 Å². The number of phenolic OH excluding ortho intramolecular Hbond substituents is 1. The summed E-state index contributed by atoms with van der Waals surface area (Å²) in [6, 6.07) is 20.6. The Hall–Kier alpha value is -3.44. The monoisotopic (exact) mass is 414 g/mol. The van der Waals surface area contributed by atoms with Gasteiger partial charge in [0.2, 0.25) is 0 Å². The van der Waals surface area contributed by atoms with E-state index in [0.29, 0.717) is 30.1 Å². The van der Waals surface area contributed by atoms with Crippen LogP contribution in [0, 0.1) is 12.7 Å². The first-order chi connectivity index (χ1) is 15.1. The number of fused-ring (bicyclic) bond motifs is 2. The molecule has 31 heavy (non-hydrogen) atoms. The molecule has 2 heterocycles. The number of benzene rings is 3. The van der Waals surface area contributed by atoms with Gasteiger partial charge in [-0.1, -0.05) is 30.3 Å². The van der Waals surface area contributed by atoms with Crippen molar-refractivity contribution in [3.05, 3.63) is 89.2 Å². The van der Waals surface area contributed by atoms with Gasteiger partial charge in [0.1, 0.15) is 12.4 Å². The fourth-order valence-corrected chi connectivity index (χ4v) is 4.20. The molecule has 0 atom stereocenters. The second kappa shape index (κ2) is 8.00. The van der Waals surface area contributed by atoms with E-state index < -0.39 is 0 Å². The molecule has 0 saturated carbocycles. The van der Waals surface area contributed by atoms with Crippen molar-refractivity contribution in [1.82, 2.24) is 9.88 Å². The summed E-state index contributed by atoms with van der Waals surface area (Å²) >= 11 is 0. The van der Waals surface area contributed by atoms with E-state index in [9.17, 15) is 9.50 Å². The average Bonchev–Trinajstić information content (AvgIpc) is 2.96. The Bertz CT molecular complexity index is 1260. The summed E-state index contributed by atoms with van der Waals surface area (Å²) < 4.78 is 19.6. The van der Waals surface area contributed by atoms with E-state index in [0.717, 1.165) is 35.2 Å². The van der Waals surface area contributed by atoms with Gasteiger partial charge in [-0.25, -0.2) is 9.37 Å². The molecule has 4 nitrogen and oxygen atoms in total. The van der Waals surface area contributed by atoms with Gasteiger partial charge in [-0.2, -0.15) is 0 Å². The number of nitrogens with zero attached hydrogens (tertiary/aromatic N) is 2. The van der Waals surface area contributed by atoms with Gasteiger partial charge in [0, 0.05) is 42.2 Å². The van der Waals surface area contributed by atoms with Gasteiger partial charge in [0.15, 0.2) is 11.5 Å². The number of rotatable bonds is 3. The zero-order valence-corrected chi connectivity index (χ0v) is 17.3. The van der Waals surface area contributed by atoms with Crippen LogP contribution in [-0.2, 0) is 13.1 Å². The van der Waals surface area contributed by atoms with Crippen molar-refractivity contribution in [3.8, 4) is 22.8 Å². The Morgan fingerprint density at radius 1 is 1.06 bits per heavy atom. The summed E-state index contributed by atoms with van der Waals surface area (Å²) in [5.41, 5.74) is 5.26. The molecule has 0 aliphatic carbocycles. The van der Waals surface area contributed by atoms with Gasteiger partial charge in [-0.3, -0.25) is 4.90 Å². The first-order valence-corrected chi connectivity index (χ1v) is 10.4. The highest BCUT2D eigenvalue weighted by Gasteiger charge is 2.20. The van der Waals surface area contributed by atoms with Gasteiger partial charge >= 0.3 is 0 Å². The van der Waals surface area contributed by atoms with E-state index >= 15 is 0 Å². The van der Waals surface area contributed by atoms with Crippen molar-refractivity contribution in [3.63, 3.8) is 0 Å². The van der Waals surface area contributed by atoms with Crippen LogP contribution >= 0.6 is 0 Å². The molecule has 1 aliphatic rings. The number of ether oxygens (including phenoxy) is 1. The number of aromatic nitrogens is 1. The van der Waals surface area contributed by atoms with Crippen molar-refractivity contribution in [2.75, 3.05) is 13.2 Å². The molecule has 0 amide bonds. The van der Waals surface area contributed by atoms with Crippen LogP contribution in [-0.4, -0.2) is 28.1 Å². The molecule has 1 aromatic heterocycles. The first-order valence-electron chi connectivity index (χ1n) is 10.4. The standard InChI is InChI=1S/C26H23FN2O2/c1-17-11-23(28-24-14-21(27)7-8-22(17)24)19-12-20-16-29(15-18-5-3-2-4-6-18)9-10-31-26(20)25(30)13-19/h2-8,11-14,30H,9-10,15-16H2,1H3. The number of aryl methyl sites for hydroxylation is 1. The lowest BCUT2D eigenvalue weighted by Crippen LogP contribution is -2.25. The second-order valence-electron chi connectivity index (χ2n) is 8.01. The van der Waals surface area contributed by atoms with Gasteiger partial charge in [0.25, 0.3) is 0 Å². The lowest BCUT2D eigenvalue weighted by molar-refractivity contribution is 0.217. The van der Waals surface area contributed by atoms with E-state index in [4.69, 9.17) is 4.74 Å². The molecule has 1 N–H and O–H groups in total. The molecule has 0 bridgehead atoms. The SMILES string of the molecule is Cc1cc(-c2cc(O)c3c(c2)CN(Cc2ccccc2)CCO3)nc2cc(F)ccc12. The minimum absolute atomic E-state index is 0.104. The van der Waals surface area contributed by atoms with Gasteiger partial charge in [-0.05, 0) is 48.4 Å². The Morgan fingerprint density at radius 2 is 1.90 bits per heavy atom. The Labute approximate surface area is 180 Å². The van der Waals surface area contributed by atoms with E-state index in [1.54, 1.807) is 12.1 Å². The van der Waals surface area contributed by atoms with Crippen LogP contribution in [0.1, 0.15) is 16.7 Å². The van der Waals surface area contributed by atoms with Crippen LogP contribution in [0.2, 0.25) is 0 Å². The number of hydrogen-bond donors (Lipinski definition) is 1. The quantitative estimate of drug-likeness (QED) is 0.484. The maximum atomic E-state index is 13.8. The number of halogens is 1. The molecule has 0 radical (unpaired) electrons. The predicted molar refractivity (Wildman–Crippen MR) is 120 cm³/mol. The number of aromatic hydroxyl groups is 1. The summed E-state index contributed by atoms with van der Waals surface area (Å²) in [5, 5.41) is 11.6. The Kier molecular flexibility index (Phi) is 5.04. The maximum Gasteiger partial charge on any atom is 0.165 e. The molecular formula is C26H23FN2O2. The van der Waals surface area contributed by atoms with Crippen LogP contribution in [0.15, 0.2) is 66.7 Å². The molecule has 0 fully saturated rings. The summed E-state index contributed by atoms with van der Waals surface area (Å²) in [5.74, 6) is 0.321. The van der Waals surface area contributed by atoms with Crippen molar-refractivity contribution in [2.24, 2.45) is 0 Å². The molecule has 156 valence electrons. The van der Waals surface area contributed by atoms with Crippen LogP contribution in [0.4, 0.5) is 4.39 Å². The molecule has 1 aliphatic heterocycles. The highest BCUT2D eigenvalue weighted by molar-refractivity contribution is 5.85. The van der Waals surface area contributed by atoms with Crippen molar-refractivity contribution >= 4 is 10.9 Å². The third kappa shape index (κ3) is 3.97. The summed E-state index contributed by atoms with van der Waals surface area (Å²) in [4.78, 5) is 6.97. The summed E-state index contributed by atoms with van der Waals surface area (Å²) in [6.07, 6.45) is 0. The second-order valence-corrected chi connectivity index (χ2v) is 8.01. The summed E-state index contributed by atoms with van der Waals surface area (Å²) in [6.45, 7) is 4.73. The van der Waals surface area contributed by atoms with Gasteiger partial charge in [0.05, 0.1) is 11.2 Å². The molecule has 3 aromatic carbocycles. The van der Waals surface area contributed by atoms with Crippen LogP contribution in [0.25, 0.3) is 22.2 Å². The first kappa shape index (κ1) is 19.5. The molecule has 0 spiro atoms. The molecule has 5 heteroatoms. The van der Waals surface area contributed by atoms with Crippen LogP contribution in [0.5, 0.6) is 11.5 Å². The normalized spacial score (nSPS) is 14.1. The average molecular weight is 414 g/mol. The van der Waals surface area contributed by atoms with Gasteiger partial charge in [-0.15, -0.1) is 0 Å². The van der Waals surface area contributed by atoms with Gasteiger partial charge < -0.3 is 9.84 Å². The molecule has 0 saturated heterocycles. The summed E-state index contributed by atoms with van der Waals surface area (Å²) in [7, 11) is 0. The largest absolute Gasteiger partial charge is 0.504 e. The molecule has 5 rings (SSSR count). The maximum absolute atomic E-state index is 13.8. The number of hydrogen-bond acceptors (Lipinski definition) is 4. The van der Waals surface area contributed by atoms with Crippen LogP contribution in [0.3, 0.4) is 0 Å². The third-order valence-electron chi connectivity index (χ3n) is 5.72. The fourth-order valence-electron chi connectivity index (χ4n) is 4.20. The molecule has 0 unspecified atom stereocenters. The van der Waals surface area contributed by atoms with E-state index in [1.165, 1.54) is 17.7 Å². The van der Waals surface area contributed by atoms with Crippen molar-refractivity contribution in [2.45, 2.75) is 20.0 Å². The third-order valence-corrected chi connectivity index (χ3v) is 5.72. The Morgan fingerprint density at radius 3 is 2.74 bits per heavy atom. The smallest absolute Gasteiger partial charge is 0.165 e. The van der Waals surface area contributed by atoms with E-state index in [-0.39, 0.29) is 11.6 Å². The van der Waals surface area contributed by atoms with E-state index in [1.807, 2.05) is 37.3 Å². The lowest BCUT2D eigenvalue weighted by Gasteiger charge is -2.19.